The van der Waals surface area contributed by atoms with Gasteiger partial charge in [-0.05, 0) is 31.2 Å². The molecule has 0 saturated heterocycles. The molecule has 6 nitrogen and oxygen atoms in total. The van der Waals surface area contributed by atoms with E-state index in [2.05, 4.69) is 27.5 Å². The van der Waals surface area contributed by atoms with Crippen LogP contribution in [-0.4, -0.2) is 20.0 Å². The van der Waals surface area contributed by atoms with Gasteiger partial charge in [-0.1, -0.05) is 0 Å². The van der Waals surface area contributed by atoms with Crippen LogP contribution < -0.4 is 5.32 Å². The Labute approximate surface area is 116 Å². The Morgan fingerprint density at radius 2 is 2.30 bits per heavy atom. The molecular weight excluding hydrogens is 254 g/mol. The quantitative estimate of drug-likeness (QED) is 0.720. The van der Waals surface area contributed by atoms with Gasteiger partial charge in [-0.3, -0.25) is 9.78 Å². The Hall–Kier alpha value is -2.34. The lowest BCUT2D eigenvalue weighted by Gasteiger charge is -2.05. The summed E-state index contributed by atoms with van der Waals surface area (Å²) in [6.45, 7) is 4.48. The first-order chi connectivity index (χ1) is 9.86. The van der Waals surface area contributed by atoms with E-state index in [9.17, 15) is 0 Å². The number of nitrogens with zero attached hydrogens (tertiary/aromatic N) is 3. The fourth-order valence-electron chi connectivity index (χ4n) is 2.12. The molecule has 104 valence electrons. The molecule has 0 aliphatic carbocycles. The van der Waals surface area contributed by atoms with E-state index < -0.39 is 0 Å². The molecule has 20 heavy (non-hydrogen) atoms. The number of furan rings is 1. The van der Waals surface area contributed by atoms with Crippen LogP contribution in [0.15, 0.2) is 41.1 Å². The van der Waals surface area contributed by atoms with E-state index in [0.29, 0.717) is 0 Å². The fourth-order valence-corrected chi connectivity index (χ4v) is 2.12. The zero-order chi connectivity index (χ0) is 13.8. The van der Waals surface area contributed by atoms with E-state index in [1.165, 1.54) is 5.69 Å². The minimum atomic E-state index is 0.725. The van der Waals surface area contributed by atoms with Crippen LogP contribution in [0, 0.1) is 0 Å². The molecule has 3 aromatic rings. The molecule has 0 fully saturated rings. The van der Waals surface area contributed by atoms with Crippen molar-refractivity contribution in [3.05, 3.63) is 48.1 Å². The Morgan fingerprint density at radius 3 is 3.10 bits per heavy atom. The molecule has 0 radical (unpaired) electrons. The second-order valence-corrected chi connectivity index (χ2v) is 4.50. The molecule has 2 N–H and O–H groups in total. The van der Waals surface area contributed by atoms with Crippen molar-refractivity contribution >= 4 is 0 Å². The normalized spacial score (nSPS) is 11.1. The first-order valence-corrected chi connectivity index (χ1v) is 6.66. The number of aryl methyl sites for hydroxylation is 1. The van der Waals surface area contributed by atoms with E-state index >= 15 is 0 Å². The first kappa shape index (κ1) is 12.7. The average molecular weight is 271 g/mol. The molecule has 0 spiro atoms. The van der Waals surface area contributed by atoms with Gasteiger partial charge in [0.25, 0.3) is 0 Å². The average Bonchev–Trinajstić information content (AvgIpc) is 3.20. The topological polar surface area (TPSA) is 71.7 Å². The van der Waals surface area contributed by atoms with E-state index in [1.54, 1.807) is 6.26 Å². The largest absolute Gasteiger partial charge is 0.463 e. The summed E-state index contributed by atoms with van der Waals surface area (Å²) in [4.78, 5) is 0. The lowest BCUT2D eigenvalue weighted by molar-refractivity contribution is 0.578. The maximum atomic E-state index is 5.31. The van der Waals surface area contributed by atoms with Gasteiger partial charge < -0.3 is 9.73 Å². The lowest BCUT2D eigenvalue weighted by atomic mass is 10.3. The Kier molecular flexibility index (Phi) is 3.64. The number of nitrogens with one attached hydrogen (secondary N) is 2. The second kappa shape index (κ2) is 5.75. The van der Waals surface area contributed by atoms with Crippen molar-refractivity contribution in [2.45, 2.75) is 26.6 Å². The summed E-state index contributed by atoms with van der Waals surface area (Å²) >= 11 is 0. The van der Waals surface area contributed by atoms with Gasteiger partial charge in [0.1, 0.15) is 5.69 Å². The van der Waals surface area contributed by atoms with Gasteiger partial charge in [-0.25, -0.2) is 0 Å². The van der Waals surface area contributed by atoms with Crippen LogP contribution in [0.1, 0.15) is 18.3 Å². The van der Waals surface area contributed by atoms with Crippen molar-refractivity contribution in [3.63, 3.8) is 0 Å². The first-order valence-electron chi connectivity index (χ1n) is 6.66. The van der Waals surface area contributed by atoms with Crippen molar-refractivity contribution < 1.29 is 4.42 Å². The van der Waals surface area contributed by atoms with Crippen LogP contribution in [-0.2, 0) is 19.6 Å². The standard InChI is InChI=1S/C14H17N5O/c1-2-19-12(5-6-16-19)10-15-9-11-8-13(18-17-11)14-4-3-7-20-14/h3-8,15H,2,9-10H2,1H3,(H,17,18). The fraction of sp³-hybridized carbons (Fsp3) is 0.286. The highest BCUT2D eigenvalue weighted by Crippen LogP contribution is 2.17. The third-order valence-corrected chi connectivity index (χ3v) is 3.13. The molecule has 6 heteroatoms. The Morgan fingerprint density at radius 1 is 1.35 bits per heavy atom. The molecular formula is C14H17N5O. The van der Waals surface area contributed by atoms with Gasteiger partial charge >= 0.3 is 0 Å². The summed E-state index contributed by atoms with van der Waals surface area (Å²) in [7, 11) is 0. The maximum absolute atomic E-state index is 5.31. The molecule has 0 unspecified atom stereocenters. The zero-order valence-corrected chi connectivity index (χ0v) is 11.3. The van der Waals surface area contributed by atoms with Crippen LogP contribution in [0.4, 0.5) is 0 Å². The van der Waals surface area contributed by atoms with Crippen LogP contribution >= 0.6 is 0 Å². The van der Waals surface area contributed by atoms with Gasteiger partial charge in [0, 0.05) is 31.5 Å². The highest BCUT2D eigenvalue weighted by molar-refractivity contribution is 5.51. The molecule has 0 saturated carbocycles. The van der Waals surface area contributed by atoms with Crippen LogP contribution in [0.2, 0.25) is 0 Å². The van der Waals surface area contributed by atoms with Gasteiger partial charge in [0.2, 0.25) is 0 Å². The molecule has 3 rings (SSSR count). The Bertz CT molecular complexity index is 653. The predicted octanol–water partition coefficient (Wildman–Crippen LogP) is 2.18. The third-order valence-electron chi connectivity index (χ3n) is 3.13. The van der Waals surface area contributed by atoms with Crippen molar-refractivity contribution in [3.8, 4) is 11.5 Å². The molecule has 0 aliphatic heterocycles. The Balaban J connectivity index is 1.57. The molecule has 0 aliphatic rings. The monoisotopic (exact) mass is 271 g/mol. The van der Waals surface area contributed by atoms with E-state index in [4.69, 9.17) is 4.42 Å². The smallest absolute Gasteiger partial charge is 0.154 e. The summed E-state index contributed by atoms with van der Waals surface area (Å²) < 4.78 is 7.29. The van der Waals surface area contributed by atoms with E-state index in [-0.39, 0.29) is 0 Å². The summed E-state index contributed by atoms with van der Waals surface area (Å²) in [5.41, 5.74) is 3.03. The van der Waals surface area contributed by atoms with Gasteiger partial charge in [0.05, 0.1) is 12.0 Å². The number of aromatic nitrogens is 4. The van der Waals surface area contributed by atoms with Gasteiger partial charge in [-0.15, -0.1) is 0 Å². The highest BCUT2D eigenvalue weighted by Gasteiger charge is 2.06. The van der Waals surface area contributed by atoms with Crippen molar-refractivity contribution in [2.75, 3.05) is 0 Å². The predicted molar refractivity (Wildman–Crippen MR) is 74.7 cm³/mol. The van der Waals surface area contributed by atoms with Crippen LogP contribution in [0.25, 0.3) is 11.5 Å². The summed E-state index contributed by atoms with van der Waals surface area (Å²) in [6.07, 6.45) is 3.47. The maximum Gasteiger partial charge on any atom is 0.154 e. The number of hydrogen-bond acceptors (Lipinski definition) is 4. The van der Waals surface area contributed by atoms with Crippen LogP contribution in [0.5, 0.6) is 0 Å². The zero-order valence-electron chi connectivity index (χ0n) is 11.3. The van der Waals surface area contributed by atoms with Crippen molar-refractivity contribution in [1.29, 1.82) is 0 Å². The molecule has 0 amide bonds. The molecule has 0 bridgehead atoms. The minimum absolute atomic E-state index is 0.725. The minimum Gasteiger partial charge on any atom is -0.463 e. The second-order valence-electron chi connectivity index (χ2n) is 4.50. The van der Waals surface area contributed by atoms with Gasteiger partial charge in [-0.2, -0.15) is 10.2 Å². The number of rotatable bonds is 6. The summed E-state index contributed by atoms with van der Waals surface area (Å²) in [5, 5.41) is 14.9. The third kappa shape index (κ3) is 2.65. The summed E-state index contributed by atoms with van der Waals surface area (Å²) in [6, 6.07) is 7.77. The highest BCUT2D eigenvalue weighted by atomic mass is 16.3. The van der Waals surface area contributed by atoms with Crippen molar-refractivity contribution in [2.24, 2.45) is 0 Å². The molecule has 3 aromatic heterocycles. The van der Waals surface area contributed by atoms with Crippen LogP contribution in [0.3, 0.4) is 0 Å². The summed E-state index contributed by atoms with van der Waals surface area (Å²) in [5.74, 6) is 0.775. The van der Waals surface area contributed by atoms with E-state index in [1.807, 2.05) is 35.1 Å². The molecule has 0 aromatic carbocycles. The number of hydrogen-bond donors (Lipinski definition) is 2. The molecule has 3 heterocycles. The number of aromatic amines is 1. The van der Waals surface area contributed by atoms with Crippen molar-refractivity contribution in [1.82, 2.24) is 25.3 Å². The molecule has 0 atom stereocenters. The van der Waals surface area contributed by atoms with E-state index in [0.717, 1.165) is 36.8 Å². The lowest BCUT2D eigenvalue weighted by Crippen LogP contribution is -2.16. The van der Waals surface area contributed by atoms with Gasteiger partial charge in [0.15, 0.2) is 5.76 Å². The SMILES string of the molecule is CCn1nccc1CNCc1cc(-c2ccco2)n[nH]1. The number of H-pyrrole nitrogens is 1.